The van der Waals surface area contributed by atoms with Crippen LogP contribution in [0.15, 0.2) is 36.7 Å². The lowest BCUT2D eigenvalue weighted by Gasteiger charge is -2.32. The van der Waals surface area contributed by atoms with Gasteiger partial charge in [0.25, 0.3) is 0 Å². The van der Waals surface area contributed by atoms with Gasteiger partial charge < -0.3 is 13.7 Å². The molecule has 0 unspecified atom stereocenters. The van der Waals surface area contributed by atoms with Gasteiger partial charge in [-0.2, -0.15) is 0 Å². The van der Waals surface area contributed by atoms with Crippen molar-refractivity contribution in [3.8, 4) is 0 Å². The molecule has 3 heterocycles. The molecule has 0 N–H and O–H groups in total. The fraction of sp³-hybridized carbons (Fsp3) is 0.429. The van der Waals surface area contributed by atoms with E-state index in [0.717, 1.165) is 5.46 Å². The van der Waals surface area contributed by atoms with Gasteiger partial charge >= 0.3 is 7.12 Å². The van der Waals surface area contributed by atoms with Crippen molar-refractivity contribution >= 4 is 18.1 Å². The molecule has 4 heteroatoms. The van der Waals surface area contributed by atoms with Crippen LogP contribution in [0.4, 0.5) is 0 Å². The van der Waals surface area contributed by atoms with E-state index in [1.165, 1.54) is 5.52 Å². The highest BCUT2D eigenvalue weighted by Gasteiger charge is 2.51. The summed E-state index contributed by atoms with van der Waals surface area (Å²) in [5.41, 5.74) is 1.65. The average molecular weight is 243 g/mol. The van der Waals surface area contributed by atoms with E-state index in [9.17, 15) is 0 Å². The van der Waals surface area contributed by atoms with E-state index in [4.69, 9.17) is 9.31 Å². The normalized spacial score (nSPS) is 21.7. The molecule has 0 bridgehead atoms. The lowest BCUT2D eigenvalue weighted by molar-refractivity contribution is 0.00578. The van der Waals surface area contributed by atoms with Gasteiger partial charge in [-0.25, -0.2) is 0 Å². The largest absolute Gasteiger partial charge is 0.496 e. The monoisotopic (exact) mass is 243 g/mol. The van der Waals surface area contributed by atoms with Crippen LogP contribution in [0.3, 0.4) is 0 Å². The summed E-state index contributed by atoms with van der Waals surface area (Å²) in [5.74, 6) is 0. The Hall–Kier alpha value is -1.26. The summed E-state index contributed by atoms with van der Waals surface area (Å²) in [6.45, 7) is 8.28. The molecule has 1 fully saturated rings. The average Bonchev–Trinajstić information content (AvgIpc) is 2.80. The number of pyridine rings is 1. The molecule has 1 saturated heterocycles. The van der Waals surface area contributed by atoms with Crippen LogP contribution in [0.25, 0.3) is 5.52 Å². The third kappa shape index (κ3) is 1.68. The molecular weight excluding hydrogens is 225 g/mol. The highest BCUT2D eigenvalue weighted by molar-refractivity contribution is 6.62. The summed E-state index contributed by atoms with van der Waals surface area (Å²) in [6, 6.07) is 8.26. The molecule has 0 saturated carbocycles. The fourth-order valence-electron chi connectivity index (χ4n) is 2.17. The quantitative estimate of drug-likeness (QED) is 0.717. The Morgan fingerprint density at radius 1 is 1.00 bits per heavy atom. The highest BCUT2D eigenvalue weighted by Crippen LogP contribution is 2.36. The van der Waals surface area contributed by atoms with Gasteiger partial charge in [-0.3, -0.25) is 0 Å². The molecule has 18 heavy (non-hydrogen) atoms. The first-order chi connectivity index (χ1) is 8.39. The first kappa shape index (κ1) is 11.8. The summed E-state index contributed by atoms with van der Waals surface area (Å²) in [6.07, 6.45) is 4.10. The van der Waals surface area contributed by atoms with E-state index in [1.54, 1.807) is 0 Å². The lowest BCUT2D eigenvalue weighted by atomic mass is 9.80. The molecule has 3 nitrogen and oxygen atoms in total. The molecule has 2 aromatic rings. The second-order valence-electron chi connectivity index (χ2n) is 5.89. The molecule has 0 atom stereocenters. The van der Waals surface area contributed by atoms with Gasteiger partial charge in [-0.1, -0.05) is 6.07 Å². The minimum absolute atomic E-state index is 0.288. The Bertz CT molecular complexity index is 572. The zero-order chi connectivity index (χ0) is 13.0. The van der Waals surface area contributed by atoms with Crippen LogP contribution in [-0.2, 0) is 9.31 Å². The SMILES string of the molecule is CC1(C)OB(c2ccc3cccn3c2)OC1(C)C. The van der Waals surface area contributed by atoms with Gasteiger partial charge in [0, 0.05) is 17.9 Å². The molecule has 0 radical (unpaired) electrons. The van der Waals surface area contributed by atoms with Crippen molar-refractivity contribution in [2.24, 2.45) is 0 Å². The standard InChI is InChI=1S/C14H18BNO2/c1-13(2)14(3,4)18-15(17-13)11-7-8-12-6-5-9-16(12)10-11/h5-10H,1-4H3. The molecule has 0 amide bonds. The summed E-state index contributed by atoms with van der Waals surface area (Å²) in [4.78, 5) is 0. The van der Waals surface area contributed by atoms with Crippen LogP contribution in [0.2, 0.25) is 0 Å². The van der Waals surface area contributed by atoms with Gasteiger partial charge in [0.05, 0.1) is 11.2 Å². The molecule has 0 aliphatic carbocycles. The second-order valence-corrected chi connectivity index (χ2v) is 5.89. The fourth-order valence-corrected chi connectivity index (χ4v) is 2.17. The number of rotatable bonds is 1. The van der Waals surface area contributed by atoms with E-state index >= 15 is 0 Å². The predicted molar refractivity (Wildman–Crippen MR) is 73.1 cm³/mol. The number of nitrogens with zero attached hydrogens (tertiary/aromatic N) is 1. The van der Waals surface area contributed by atoms with Crippen LogP contribution < -0.4 is 5.46 Å². The van der Waals surface area contributed by atoms with E-state index in [2.05, 4.69) is 56.5 Å². The molecule has 3 rings (SSSR count). The molecule has 1 aliphatic heterocycles. The molecule has 2 aromatic heterocycles. The second kappa shape index (κ2) is 3.62. The van der Waals surface area contributed by atoms with E-state index in [0.29, 0.717) is 0 Å². The Morgan fingerprint density at radius 3 is 2.33 bits per heavy atom. The predicted octanol–water partition coefficient (Wildman–Crippen LogP) is 2.24. The van der Waals surface area contributed by atoms with E-state index < -0.39 is 0 Å². The summed E-state index contributed by atoms with van der Waals surface area (Å²) in [7, 11) is -0.290. The Kier molecular flexibility index (Phi) is 2.38. The zero-order valence-corrected chi connectivity index (χ0v) is 11.3. The molecular formula is C14H18BNO2. The summed E-state index contributed by atoms with van der Waals surface area (Å²) >= 11 is 0. The minimum atomic E-state index is -0.290. The smallest absolute Gasteiger partial charge is 0.399 e. The Labute approximate surface area is 108 Å². The van der Waals surface area contributed by atoms with Crippen molar-refractivity contribution in [3.05, 3.63) is 36.7 Å². The third-order valence-electron chi connectivity index (χ3n) is 4.07. The topological polar surface area (TPSA) is 22.9 Å². The zero-order valence-electron chi connectivity index (χ0n) is 11.3. The van der Waals surface area contributed by atoms with E-state index in [1.807, 2.05) is 12.3 Å². The minimum Gasteiger partial charge on any atom is -0.399 e. The lowest BCUT2D eigenvalue weighted by Crippen LogP contribution is -2.41. The molecule has 0 aromatic carbocycles. The first-order valence-corrected chi connectivity index (χ1v) is 6.31. The maximum absolute atomic E-state index is 6.04. The van der Waals surface area contributed by atoms with Crippen LogP contribution in [0, 0.1) is 0 Å². The number of fused-ring (bicyclic) bond motifs is 1. The van der Waals surface area contributed by atoms with Gasteiger partial charge in [0.2, 0.25) is 0 Å². The third-order valence-corrected chi connectivity index (χ3v) is 4.07. The summed E-state index contributed by atoms with van der Waals surface area (Å²) < 4.78 is 14.2. The Balaban J connectivity index is 1.96. The van der Waals surface area contributed by atoms with Crippen molar-refractivity contribution < 1.29 is 9.31 Å². The maximum atomic E-state index is 6.04. The number of hydrogen-bond acceptors (Lipinski definition) is 2. The van der Waals surface area contributed by atoms with Gasteiger partial charge in [-0.05, 0) is 51.4 Å². The number of aromatic nitrogens is 1. The van der Waals surface area contributed by atoms with Crippen molar-refractivity contribution in [1.82, 2.24) is 4.40 Å². The van der Waals surface area contributed by atoms with Crippen LogP contribution in [-0.4, -0.2) is 22.7 Å². The highest BCUT2D eigenvalue weighted by atomic mass is 16.7. The van der Waals surface area contributed by atoms with Crippen molar-refractivity contribution in [2.45, 2.75) is 38.9 Å². The molecule has 0 spiro atoms. The Morgan fingerprint density at radius 2 is 1.67 bits per heavy atom. The van der Waals surface area contributed by atoms with Crippen molar-refractivity contribution in [1.29, 1.82) is 0 Å². The van der Waals surface area contributed by atoms with Crippen LogP contribution in [0.5, 0.6) is 0 Å². The maximum Gasteiger partial charge on any atom is 0.496 e. The van der Waals surface area contributed by atoms with Crippen molar-refractivity contribution in [2.75, 3.05) is 0 Å². The summed E-state index contributed by atoms with van der Waals surface area (Å²) in [5, 5.41) is 0. The molecule has 94 valence electrons. The van der Waals surface area contributed by atoms with Crippen LogP contribution in [0.1, 0.15) is 27.7 Å². The molecule has 1 aliphatic rings. The number of hydrogen-bond donors (Lipinski definition) is 0. The van der Waals surface area contributed by atoms with Crippen LogP contribution >= 0.6 is 0 Å². The van der Waals surface area contributed by atoms with Gasteiger partial charge in [-0.15, -0.1) is 0 Å². The van der Waals surface area contributed by atoms with Crippen molar-refractivity contribution in [3.63, 3.8) is 0 Å². The first-order valence-electron chi connectivity index (χ1n) is 6.31. The van der Waals surface area contributed by atoms with Gasteiger partial charge in [0.15, 0.2) is 0 Å². The van der Waals surface area contributed by atoms with Gasteiger partial charge in [0.1, 0.15) is 0 Å². The van der Waals surface area contributed by atoms with E-state index in [-0.39, 0.29) is 18.3 Å².